The SMILES string of the molecule is Cc1ccc(S(=O)(=O)OCC/C=C/c2cnc3c(ccn3C3CCCC3)c2)cc1. The summed E-state index contributed by atoms with van der Waals surface area (Å²) in [5.41, 5.74) is 3.06. The zero-order valence-corrected chi connectivity index (χ0v) is 17.4. The molecule has 4 rings (SSSR count). The molecule has 0 saturated heterocycles. The molecule has 2 aromatic heterocycles. The van der Waals surface area contributed by atoms with E-state index in [1.807, 2.05) is 25.3 Å². The average Bonchev–Trinajstić information content (AvgIpc) is 3.37. The van der Waals surface area contributed by atoms with Gasteiger partial charge in [-0.05, 0) is 56.0 Å². The molecule has 1 saturated carbocycles. The Morgan fingerprint density at radius 1 is 1.17 bits per heavy atom. The van der Waals surface area contributed by atoms with E-state index in [9.17, 15) is 8.42 Å². The number of aryl methyl sites for hydroxylation is 1. The number of nitrogens with zero attached hydrogens (tertiary/aromatic N) is 2. The lowest BCUT2D eigenvalue weighted by Gasteiger charge is -2.12. The minimum atomic E-state index is -3.71. The van der Waals surface area contributed by atoms with Crippen LogP contribution in [-0.2, 0) is 14.3 Å². The fourth-order valence-electron chi connectivity index (χ4n) is 3.85. The van der Waals surface area contributed by atoms with Gasteiger partial charge in [0, 0.05) is 23.8 Å². The van der Waals surface area contributed by atoms with Gasteiger partial charge in [-0.15, -0.1) is 0 Å². The molecule has 0 N–H and O–H groups in total. The van der Waals surface area contributed by atoms with Crippen LogP contribution in [0.4, 0.5) is 0 Å². The van der Waals surface area contributed by atoms with Gasteiger partial charge in [0.25, 0.3) is 10.1 Å². The second-order valence-electron chi connectivity index (χ2n) is 7.62. The summed E-state index contributed by atoms with van der Waals surface area (Å²) in [5.74, 6) is 0. The number of benzene rings is 1. The van der Waals surface area contributed by atoms with Crippen LogP contribution in [0.25, 0.3) is 17.1 Å². The molecule has 0 unspecified atom stereocenters. The Hall–Kier alpha value is -2.44. The monoisotopic (exact) mass is 410 g/mol. The lowest BCUT2D eigenvalue weighted by Crippen LogP contribution is -2.07. The average molecular weight is 411 g/mol. The molecule has 1 aromatic carbocycles. The second-order valence-corrected chi connectivity index (χ2v) is 9.24. The van der Waals surface area contributed by atoms with E-state index in [-0.39, 0.29) is 11.5 Å². The number of rotatable bonds is 7. The van der Waals surface area contributed by atoms with E-state index in [0.29, 0.717) is 12.5 Å². The van der Waals surface area contributed by atoms with Crippen molar-refractivity contribution in [1.82, 2.24) is 9.55 Å². The highest BCUT2D eigenvalue weighted by molar-refractivity contribution is 7.86. The van der Waals surface area contributed by atoms with Crippen molar-refractivity contribution in [3.8, 4) is 0 Å². The highest BCUT2D eigenvalue weighted by Crippen LogP contribution is 2.32. The molecule has 0 spiro atoms. The minimum absolute atomic E-state index is 0.112. The van der Waals surface area contributed by atoms with Gasteiger partial charge in [0.05, 0.1) is 11.5 Å². The third-order valence-electron chi connectivity index (χ3n) is 5.44. The predicted octanol–water partition coefficient (Wildman–Crippen LogP) is 5.27. The molecule has 3 aromatic rings. The Bertz CT molecular complexity index is 1110. The quantitative estimate of drug-likeness (QED) is 0.393. The molecule has 1 fully saturated rings. The van der Waals surface area contributed by atoms with Gasteiger partial charge >= 0.3 is 0 Å². The number of fused-ring (bicyclic) bond motifs is 1. The summed E-state index contributed by atoms with van der Waals surface area (Å²) in [6, 6.07) is 11.5. The maximum Gasteiger partial charge on any atom is 0.296 e. The molecule has 29 heavy (non-hydrogen) atoms. The summed E-state index contributed by atoms with van der Waals surface area (Å²) < 4.78 is 31.8. The van der Waals surface area contributed by atoms with Gasteiger partial charge < -0.3 is 4.57 Å². The van der Waals surface area contributed by atoms with Crippen LogP contribution in [0, 0.1) is 6.92 Å². The van der Waals surface area contributed by atoms with Gasteiger partial charge in [-0.25, -0.2) is 4.98 Å². The molecule has 0 aliphatic heterocycles. The fraction of sp³-hybridized carbons (Fsp3) is 0.348. The molecule has 0 bridgehead atoms. The van der Waals surface area contributed by atoms with Crippen LogP contribution in [0.5, 0.6) is 0 Å². The molecule has 152 valence electrons. The first-order valence-corrected chi connectivity index (χ1v) is 11.5. The van der Waals surface area contributed by atoms with Crippen molar-refractivity contribution in [2.75, 3.05) is 6.61 Å². The Labute approximate surface area is 172 Å². The van der Waals surface area contributed by atoms with E-state index in [0.717, 1.165) is 22.2 Å². The van der Waals surface area contributed by atoms with E-state index >= 15 is 0 Å². The van der Waals surface area contributed by atoms with Crippen LogP contribution < -0.4 is 0 Å². The van der Waals surface area contributed by atoms with Gasteiger partial charge in [-0.3, -0.25) is 4.18 Å². The second kappa shape index (κ2) is 8.51. The minimum Gasteiger partial charge on any atom is -0.329 e. The molecule has 1 aliphatic carbocycles. The largest absolute Gasteiger partial charge is 0.329 e. The lowest BCUT2D eigenvalue weighted by atomic mass is 10.2. The summed E-state index contributed by atoms with van der Waals surface area (Å²) in [6.07, 6.45) is 13.5. The van der Waals surface area contributed by atoms with E-state index in [2.05, 4.69) is 27.9 Å². The highest BCUT2D eigenvalue weighted by Gasteiger charge is 2.18. The lowest BCUT2D eigenvalue weighted by molar-refractivity contribution is 0.325. The van der Waals surface area contributed by atoms with E-state index in [1.54, 1.807) is 24.3 Å². The summed E-state index contributed by atoms with van der Waals surface area (Å²) in [5, 5.41) is 1.14. The third-order valence-corrected chi connectivity index (χ3v) is 6.76. The summed E-state index contributed by atoms with van der Waals surface area (Å²) >= 11 is 0. The Balaban J connectivity index is 1.34. The van der Waals surface area contributed by atoms with E-state index in [4.69, 9.17) is 4.18 Å². The Morgan fingerprint density at radius 3 is 2.69 bits per heavy atom. The van der Waals surface area contributed by atoms with Crippen LogP contribution >= 0.6 is 0 Å². The molecular formula is C23H26N2O3S. The fourth-order valence-corrected chi connectivity index (χ4v) is 4.77. The Kier molecular flexibility index (Phi) is 5.83. The predicted molar refractivity (Wildman–Crippen MR) is 115 cm³/mol. The smallest absolute Gasteiger partial charge is 0.296 e. The summed E-state index contributed by atoms with van der Waals surface area (Å²) in [4.78, 5) is 4.84. The van der Waals surface area contributed by atoms with Crippen molar-refractivity contribution in [2.24, 2.45) is 0 Å². The maximum atomic E-state index is 12.2. The Morgan fingerprint density at radius 2 is 1.93 bits per heavy atom. The molecule has 0 radical (unpaired) electrons. The zero-order valence-electron chi connectivity index (χ0n) is 16.6. The molecule has 0 amide bonds. The van der Waals surface area contributed by atoms with Crippen molar-refractivity contribution in [2.45, 2.75) is 50.0 Å². The maximum absolute atomic E-state index is 12.2. The van der Waals surface area contributed by atoms with E-state index in [1.165, 1.54) is 25.7 Å². The number of pyridine rings is 1. The van der Waals surface area contributed by atoms with Crippen molar-refractivity contribution in [1.29, 1.82) is 0 Å². The summed E-state index contributed by atoms with van der Waals surface area (Å²) in [6.45, 7) is 2.03. The zero-order chi connectivity index (χ0) is 20.3. The number of aromatic nitrogens is 2. The van der Waals surface area contributed by atoms with Gasteiger partial charge in [0.2, 0.25) is 0 Å². The molecule has 0 atom stereocenters. The number of hydrogen-bond acceptors (Lipinski definition) is 4. The first-order valence-electron chi connectivity index (χ1n) is 10.1. The first kappa shape index (κ1) is 19.9. The van der Waals surface area contributed by atoms with Gasteiger partial charge in [0.1, 0.15) is 5.65 Å². The van der Waals surface area contributed by atoms with Crippen molar-refractivity contribution < 1.29 is 12.6 Å². The van der Waals surface area contributed by atoms with Crippen LogP contribution in [0.15, 0.2) is 59.8 Å². The molecule has 6 heteroatoms. The highest BCUT2D eigenvalue weighted by atomic mass is 32.2. The first-order chi connectivity index (χ1) is 14.0. The topological polar surface area (TPSA) is 61.2 Å². The van der Waals surface area contributed by atoms with Crippen LogP contribution in [-0.4, -0.2) is 24.6 Å². The van der Waals surface area contributed by atoms with Crippen molar-refractivity contribution >= 4 is 27.2 Å². The van der Waals surface area contributed by atoms with Crippen LogP contribution in [0.2, 0.25) is 0 Å². The molecule has 1 aliphatic rings. The third kappa shape index (κ3) is 4.60. The van der Waals surface area contributed by atoms with E-state index < -0.39 is 10.1 Å². The summed E-state index contributed by atoms with van der Waals surface area (Å²) in [7, 11) is -3.71. The van der Waals surface area contributed by atoms with Gasteiger partial charge in [-0.2, -0.15) is 8.42 Å². The number of hydrogen-bond donors (Lipinski definition) is 0. The van der Waals surface area contributed by atoms with Crippen LogP contribution in [0.1, 0.15) is 49.3 Å². The van der Waals surface area contributed by atoms with Gasteiger partial charge in [0.15, 0.2) is 0 Å². The normalized spacial score (nSPS) is 15.6. The van der Waals surface area contributed by atoms with Crippen LogP contribution in [0.3, 0.4) is 0 Å². The standard InChI is InChI=1S/C23H26N2O3S/c1-18-9-11-22(12-10-18)29(26,27)28-15-5-4-6-19-16-20-13-14-25(23(20)24-17-19)21-7-2-3-8-21/h4,6,9-14,16-17,21H,2-3,5,7-8,15H2,1H3/b6-4+. The molecule has 5 nitrogen and oxygen atoms in total. The molecular weight excluding hydrogens is 384 g/mol. The van der Waals surface area contributed by atoms with Crippen molar-refractivity contribution in [3.63, 3.8) is 0 Å². The van der Waals surface area contributed by atoms with Crippen molar-refractivity contribution in [3.05, 3.63) is 66.0 Å². The van der Waals surface area contributed by atoms with Gasteiger partial charge in [-0.1, -0.05) is 42.7 Å². The molecule has 2 heterocycles.